The Kier molecular flexibility index (Phi) is 3.10. The van der Waals surface area contributed by atoms with Crippen molar-refractivity contribution >= 4 is 30.6 Å². The average molecular weight is 276 g/mol. The van der Waals surface area contributed by atoms with Crippen LogP contribution in [0.3, 0.4) is 0 Å². The van der Waals surface area contributed by atoms with Crippen LogP contribution in [-0.2, 0) is 0 Å². The van der Waals surface area contributed by atoms with Crippen LogP contribution >= 0.6 is 8.67 Å². The number of fused-ring (bicyclic) bond motifs is 3. The van der Waals surface area contributed by atoms with Crippen molar-refractivity contribution in [3.05, 3.63) is 36.4 Å². The summed E-state index contributed by atoms with van der Waals surface area (Å²) in [6, 6.07) is 11.4. The van der Waals surface area contributed by atoms with Gasteiger partial charge in [-0.2, -0.15) is 0 Å². The molecule has 0 unspecified atom stereocenters. The fourth-order valence-electron chi connectivity index (χ4n) is 1.98. The van der Waals surface area contributed by atoms with E-state index < -0.39 is 0 Å². The average Bonchev–Trinajstić information content (AvgIpc) is 2.65. The fourth-order valence-corrected chi connectivity index (χ4v) is 2.56. The van der Waals surface area contributed by atoms with Gasteiger partial charge in [-0.1, -0.05) is 0 Å². The van der Waals surface area contributed by atoms with Crippen molar-refractivity contribution in [3.8, 4) is 11.5 Å². The van der Waals surface area contributed by atoms with Gasteiger partial charge < -0.3 is 17.9 Å². The molecule has 0 fully saturated rings. The monoisotopic (exact) mass is 276 g/mol. The van der Waals surface area contributed by atoms with Crippen molar-refractivity contribution in [1.29, 1.82) is 0 Å². The third kappa shape index (κ3) is 2.15. The number of rotatable bonds is 2. The molecule has 5 heteroatoms. The smallest absolute Gasteiger partial charge is 0.201 e. The minimum absolute atomic E-state index is 0.0580. The number of benzene rings is 2. The third-order valence-corrected chi connectivity index (χ3v) is 3.57. The molecule has 0 N–H and O–H groups in total. The van der Waals surface area contributed by atoms with Crippen LogP contribution < -0.4 is 9.47 Å². The lowest BCUT2D eigenvalue weighted by molar-refractivity contribution is 0.415. The van der Waals surface area contributed by atoms with Crippen LogP contribution in [0.5, 0.6) is 11.5 Å². The lowest BCUT2D eigenvalue weighted by Gasteiger charge is -2.02. The lowest BCUT2D eigenvalue weighted by Crippen LogP contribution is -1.83. The summed E-state index contributed by atoms with van der Waals surface area (Å²) >= 11 is 0. The van der Waals surface area contributed by atoms with Gasteiger partial charge in [0.2, 0.25) is 8.67 Å². The molecule has 0 aliphatic rings. The molecule has 0 atom stereocenters. The molecule has 0 aliphatic heterocycles. The second-order valence-corrected chi connectivity index (χ2v) is 4.59. The topological polar surface area (TPSA) is 44.7 Å². The van der Waals surface area contributed by atoms with E-state index in [-0.39, 0.29) is 8.67 Å². The van der Waals surface area contributed by atoms with Gasteiger partial charge in [-0.05, 0) is 36.4 Å². The Morgan fingerprint density at radius 3 is 1.68 bits per heavy atom. The summed E-state index contributed by atoms with van der Waals surface area (Å²) in [5.41, 5.74) is 1.57. The quantitative estimate of drug-likeness (QED) is 0.698. The number of methoxy groups -OCH3 is 2. The van der Waals surface area contributed by atoms with Crippen LogP contribution in [0, 0.1) is 0 Å². The van der Waals surface area contributed by atoms with E-state index in [1.165, 1.54) is 0 Å². The maximum atomic E-state index is 5.61. The summed E-state index contributed by atoms with van der Waals surface area (Å²) in [7, 11) is 3.23. The van der Waals surface area contributed by atoms with Gasteiger partial charge in [0.15, 0.2) is 0 Å². The van der Waals surface area contributed by atoms with Gasteiger partial charge in [-0.15, -0.1) is 0 Å². The van der Waals surface area contributed by atoms with Crippen molar-refractivity contribution in [2.75, 3.05) is 14.2 Å². The van der Waals surface area contributed by atoms with Crippen LogP contribution in [0.15, 0.2) is 44.8 Å². The normalized spacial score (nSPS) is 10.6. The van der Waals surface area contributed by atoms with E-state index in [0.29, 0.717) is 0 Å². The molecule has 0 amide bonds. The number of ether oxygens (including phenoxy) is 2. The minimum Gasteiger partial charge on any atom is -0.497 e. The zero-order chi connectivity index (χ0) is 13.2. The van der Waals surface area contributed by atoms with Crippen LogP contribution in [0.25, 0.3) is 21.9 Å². The second-order valence-electron chi connectivity index (χ2n) is 4.01. The van der Waals surface area contributed by atoms with Crippen molar-refractivity contribution < 1.29 is 17.9 Å². The predicted octanol–water partition coefficient (Wildman–Crippen LogP) is 4.35. The number of hydrogen-bond acceptors (Lipinski definition) is 4. The van der Waals surface area contributed by atoms with Gasteiger partial charge in [0.25, 0.3) is 0 Å². The molecule has 2 aromatic carbocycles. The Balaban J connectivity index is 2.47. The highest BCUT2D eigenvalue weighted by Gasteiger charge is 2.05. The van der Waals surface area contributed by atoms with Crippen molar-refractivity contribution in [3.63, 3.8) is 0 Å². The molecule has 0 saturated heterocycles. The van der Waals surface area contributed by atoms with Gasteiger partial charge in [0.1, 0.15) is 22.7 Å². The van der Waals surface area contributed by atoms with E-state index in [0.717, 1.165) is 33.4 Å². The van der Waals surface area contributed by atoms with Gasteiger partial charge in [-0.25, -0.2) is 0 Å². The van der Waals surface area contributed by atoms with Crippen LogP contribution in [0.4, 0.5) is 0 Å². The van der Waals surface area contributed by atoms with E-state index in [1.807, 2.05) is 36.4 Å². The molecule has 0 saturated carbocycles. The predicted molar refractivity (Wildman–Crippen MR) is 76.2 cm³/mol. The van der Waals surface area contributed by atoms with Gasteiger partial charge in [0, 0.05) is 10.8 Å². The van der Waals surface area contributed by atoms with Crippen molar-refractivity contribution in [1.82, 2.24) is 0 Å². The first-order valence-electron chi connectivity index (χ1n) is 5.77. The molecule has 0 aliphatic carbocycles. The Bertz CT molecular complexity index is 701. The summed E-state index contributed by atoms with van der Waals surface area (Å²) in [5.74, 6) is 1.56. The molecular formula is C14H13O4P. The molecular weight excluding hydrogens is 263 g/mol. The summed E-state index contributed by atoms with van der Waals surface area (Å²) in [5, 5.41) is 1.89. The highest BCUT2D eigenvalue weighted by atomic mass is 31.1. The Labute approximate surface area is 111 Å². The maximum Gasteiger partial charge on any atom is 0.201 e. The fraction of sp³-hybridized carbons (Fsp3) is 0.143. The maximum absolute atomic E-state index is 5.61. The zero-order valence-corrected chi connectivity index (χ0v) is 11.6. The first kappa shape index (κ1) is 12.0. The highest BCUT2D eigenvalue weighted by molar-refractivity contribution is 7.15. The molecule has 3 rings (SSSR count). The first-order chi connectivity index (χ1) is 9.31. The molecule has 0 bridgehead atoms. The molecule has 4 nitrogen and oxygen atoms in total. The SMILES string of the molecule is COc1ccc2o[pH]oc3ccc(OC)cc3c2c1. The summed E-state index contributed by atoms with van der Waals surface area (Å²) in [6.45, 7) is 0. The largest absolute Gasteiger partial charge is 0.497 e. The zero-order valence-electron chi connectivity index (χ0n) is 10.6. The van der Waals surface area contributed by atoms with E-state index in [1.54, 1.807) is 14.2 Å². The molecule has 0 spiro atoms. The van der Waals surface area contributed by atoms with Gasteiger partial charge >= 0.3 is 0 Å². The van der Waals surface area contributed by atoms with E-state index in [4.69, 9.17) is 17.9 Å². The standard InChI is InChI=1S/C14H13O4P/c1-15-9-3-5-13-11(7-9)12-8-10(16-2)4-6-14(12)18-19-17-13/h3-8,19H,1-2H3. The first-order valence-corrected chi connectivity index (χ1v) is 6.58. The third-order valence-electron chi connectivity index (χ3n) is 2.97. The molecule has 98 valence electrons. The van der Waals surface area contributed by atoms with Crippen LogP contribution in [0.2, 0.25) is 0 Å². The second kappa shape index (κ2) is 4.90. The Hall–Kier alpha value is -2.06. The highest BCUT2D eigenvalue weighted by Crippen LogP contribution is 2.31. The lowest BCUT2D eigenvalue weighted by atomic mass is 10.1. The van der Waals surface area contributed by atoms with Crippen LogP contribution in [-0.4, -0.2) is 14.2 Å². The summed E-state index contributed by atoms with van der Waals surface area (Å²) in [4.78, 5) is 0. The molecule has 1 aromatic heterocycles. The Morgan fingerprint density at radius 1 is 0.789 bits per heavy atom. The van der Waals surface area contributed by atoms with E-state index >= 15 is 0 Å². The van der Waals surface area contributed by atoms with E-state index in [9.17, 15) is 0 Å². The Morgan fingerprint density at radius 2 is 1.26 bits per heavy atom. The summed E-state index contributed by atoms with van der Waals surface area (Å²) in [6.07, 6.45) is 0. The summed E-state index contributed by atoms with van der Waals surface area (Å²) < 4.78 is 21.8. The molecule has 1 heterocycles. The number of hydrogen-bond donors (Lipinski definition) is 0. The van der Waals surface area contributed by atoms with Crippen molar-refractivity contribution in [2.45, 2.75) is 0 Å². The van der Waals surface area contributed by atoms with Crippen LogP contribution in [0.1, 0.15) is 0 Å². The molecule has 19 heavy (non-hydrogen) atoms. The molecule has 3 aromatic rings. The van der Waals surface area contributed by atoms with Gasteiger partial charge in [0.05, 0.1) is 14.2 Å². The van der Waals surface area contributed by atoms with Gasteiger partial charge in [-0.3, -0.25) is 0 Å². The molecule has 0 radical (unpaired) electrons. The minimum atomic E-state index is -0.0580. The van der Waals surface area contributed by atoms with E-state index in [2.05, 4.69) is 0 Å². The van der Waals surface area contributed by atoms with Crippen molar-refractivity contribution in [2.24, 2.45) is 0 Å².